The molecule has 2 unspecified atom stereocenters. The van der Waals surface area contributed by atoms with Crippen LogP contribution in [-0.2, 0) is 9.53 Å². The predicted octanol–water partition coefficient (Wildman–Crippen LogP) is 0.502. The van der Waals surface area contributed by atoms with E-state index >= 15 is 0 Å². The minimum Gasteiger partial charge on any atom is -0.480 e. The van der Waals surface area contributed by atoms with Gasteiger partial charge in [-0.1, -0.05) is 6.92 Å². The topological polar surface area (TPSA) is 53.0 Å². The minimum absolute atomic E-state index is 0.259. The highest BCUT2D eigenvalue weighted by molar-refractivity contribution is 5.73. The van der Waals surface area contributed by atoms with E-state index in [9.17, 15) is 9.90 Å². The molecule has 1 saturated heterocycles. The molecule has 17 heavy (non-hydrogen) atoms. The number of methoxy groups -OCH3 is 1. The number of carboxylic acids is 1. The third kappa shape index (κ3) is 3.94. The Bertz CT molecular complexity index is 248. The number of carboxylic acid groups (broad SMARTS) is 1. The van der Waals surface area contributed by atoms with Crippen LogP contribution in [0.25, 0.3) is 0 Å². The molecule has 1 N–H and O–H groups in total. The second-order valence-corrected chi connectivity index (χ2v) is 4.73. The van der Waals surface area contributed by atoms with Gasteiger partial charge in [0, 0.05) is 26.2 Å². The van der Waals surface area contributed by atoms with Gasteiger partial charge in [0.05, 0.1) is 6.61 Å². The van der Waals surface area contributed by atoms with Gasteiger partial charge in [-0.3, -0.25) is 9.69 Å². The summed E-state index contributed by atoms with van der Waals surface area (Å²) in [6, 6.07) is -0.213. The average Bonchev–Trinajstić information content (AvgIpc) is 2.47. The molecule has 0 aromatic carbocycles. The molecule has 1 aliphatic heterocycles. The van der Waals surface area contributed by atoms with E-state index in [0.29, 0.717) is 6.04 Å². The van der Waals surface area contributed by atoms with E-state index in [1.807, 2.05) is 0 Å². The number of likely N-dealkylation sites (N-methyl/N-ethyl adjacent to an activating group) is 1. The number of hydrogen-bond donors (Lipinski definition) is 1. The second-order valence-electron chi connectivity index (χ2n) is 4.73. The van der Waals surface area contributed by atoms with Crippen molar-refractivity contribution in [2.24, 2.45) is 0 Å². The number of nitrogens with zero attached hydrogens (tertiary/aromatic N) is 2. The quantitative estimate of drug-likeness (QED) is 0.763. The number of rotatable bonds is 5. The van der Waals surface area contributed by atoms with Crippen LogP contribution in [-0.4, -0.2) is 73.4 Å². The van der Waals surface area contributed by atoms with Crippen molar-refractivity contribution in [2.45, 2.75) is 31.8 Å². The Morgan fingerprint density at radius 2 is 2.24 bits per heavy atom. The fourth-order valence-electron chi connectivity index (χ4n) is 2.50. The summed E-state index contributed by atoms with van der Waals surface area (Å²) in [5.41, 5.74) is 0. The Kier molecular flexibility index (Phi) is 5.88. The van der Waals surface area contributed by atoms with Crippen molar-refractivity contribution >= 4 is 5.97 Å². The molecule has 0 bridgehead atoms. The molecule has 1 rings (SSSR count). The summed E-state index contributed by atoms with van der Waals surface area (Å²) in [6.07, 6.45) is 1.98. The van der Waals surface area contributed by atoms with Gasteiger partial charge in [0.25, 0.3) is 0 Å². The summed E-state index contributed by atoms with van der Waals surface area (Å²) < 4.78 is 5.04. The molecule has 1 fully saturated rings. The van der Waals surface area contributed by atoms with Crippen LogP contribution >= 0.6 is 0 Å². The van der Waals surface area contributed by atoms with Crippen LogP contribution in [0.5, 0.6) is 0 Å². The lowest BCUT2D eigenvalue weighted by Gasteiger charge is -2.34. The molecule has 0 radical (unpaired) electrons. The first-order valence-corrected chi connectivity index (χ1v) is 6.26. The molecule has 0 aromatic rings. The zero-order valence-corrected chi connectivity index (χ0v) is 11.1. The molecule has 100 valence electrons. The van der Waals surface area contributed by atoms with E-state index in [4.69, 9.17) is 4.74 Å². The first-order valence-electron chi connectivity index (χ1n) is 6.26. The van der Waals surface area contributed by atoms with E-state index < -0.39 is 12.0 Å². The highest BCUT2D eigenvalue weighted by atomic mass is 16.5. The van der Waals surface area contributed by atoms with E-state index in [1.54, 1.807) is 7.11 Å². The highest BCUT2D eigenvalue weighted by Gasteiger charge is 2.32. The van der Waals surface area contributed by atoms with E-state index in [1.165, 1.54) is 0 Å². The zero-order valence-electron chi connectivity index (χ0n) is 11.1. The van der Waals surface area contributed by atoms with Crippen molar-refractivity contribution in [1.82, 2.24) is 9.80 Å². The second kappa shape index (κ2) is 6.93. The summed E-state index contributed by atoms with van der Waals surface area (Å²) in [5.74, 6) is -0.783. The monoisotopic (exact) mass is 244 g/mol. The van der Waals surface area contributed by atoms with E-state index in [0.717, 1.165) is 32.5 Å². The SMILES string of the molecule is CCC1CN(C)CCCN1C(COC)C(=O)O. The Balaban J connectivity index is 2.78. The average molecular weight is 244 g/mol. The molecule has 0 spiro atoms. The Morgan fingerprint density at radius 3 is 2.76 bits per heavy atom. The molecule has 0 aliphatic carbocycles. The van der Waals surface area contributed by atoms with Crippen molar-refractivity contribution in [1.29, 1.82) is 0 Å². The van der Waals surface area contributed by atoms with Gasteiger partial charge in [0.15, 0.2) is 0 Å². The molecule has 2 atom stereocenters. The molecular weight excluding hydrogens is 220 g/mol. The van der Waals surface area contributed by atoms with Gasteiger partial charge >= 0.3 is 5.97 Å². The van der Waals surface area contributed by atoms with E-state index in [2.05, 4.69) is 23.8 Å². The maximum atomic E-state index is 11.3. The predicted molar refractivity (Wildman–Crippen MR) is 66.2 cm³/mol. The van der Waals surface area contributed by atoms with Gasteiger partial charge in [-0.25, -0.2) is 0 Å². The van der Waals surface area contributed by atoms with Crippen LogP contribution in [0.3, 0.4) is 0 Å². The molecule has 0 amide bonds. The van der Waals surface area contributed by atoms with Gasteiger partial charge in [-0.15, -0.1) is 0 Å². The number of ether oxygens (including phenoxy) is 1. The van der Waals surface area contributed by atoms with Crippen molar-refractivity contribution in [2.75, 3.05) is 40.4 Å². The van der Waals surface area contributed by atoms with Crippen molar-refractivity contribution < 1.29 is 14.6 Å². The number of hydrogen-bond acceptors (Lipinski definition) is 4. The van der Waals surface area contributed by atoms with Crippen LogP contribution < -0.4 is 0 Å². The van der Waals surface area contributed by atoms with Gasteiger partial charge in [-0.2, -0.15) is 0 Å². The van der Waals surface area contributed by atoms with Crippen molar-refractivity contribution in [3.8, 4) is 0 Å². The summed E-state index contributed by atoms with van der Waals surface area (Å²) in [4.78, 5) is 15.7. The van der Waals surface area contributed by atoms with Crippen molar-refractivity contribution in [3.05, 3.63) is 0 Å². The Hall–Kier alpha value is -0.650. The molecule has 5 heteroatoms. The molecule has 5 nitrogen and oxygen atoms in total. The van der Waals surface area contributed by atoms with E-state index in [-0.39, 0.29) is 6.61 Å². The first-order chi connectivity index (χ1) is 8.10. The number of carbonyl (C=O) groups is 1. The molecular formula is C12H24N2O3. The maximum Gasteiger partial charge on any atom is 0.323 e. The fourth-order valence-corrected chi connectivity index (χ4v) is 2.50. The Morgan fingerprint density at radius 1 is 1.53 bits per heavy atom. The largest absolute Gasteiger partial charge is 0.480 e. The summed E-state index contributed by atoms with van der Waals surface area (Å²) in [6.45, 7) is 5.18. The molecule has 0 aromatic heterocycles. The van der Waals surface area contributed by atoms with Crippen LogP contribution in [0.1, 0.15) is 19.8 Å². The number of aliphatic carboxylic acids is 1. The lowest BCUT2D eigenvalue weighted by atomic mass is 10.1. The Labute approximate surface area is 103 Å². The third-order valence-corrected chi connectivity index (χ3v) is 3.43. The van der Waals surface area contributed by atoms with Gasteiger partial charge in [0.2, 0.25) is 0 Å². The minimum atomic E-state index is -0.783. The lowest BCUT2D eigenvalue weighted by molar-refractivity contribution is -0.146. The zero-order chi connectivity index (χ0) is 12.8. The molecule has 1 heterocycles. The highest BCUT2D eigenvalue weighted by Crippen LogP contribution is 2.16. The summed E-state index contributed by atoms with van der Waals surface area (Å²) in [5, 5.41) is 9.29. The normalized spacial score (nSPS) is 25.5. The molecule has 0 saturated carbocycles. The maximum absolute atomic E-state index is 11.3. The van der Waals surface area contributed by atoms with Crippen LogP contribution in [0, 0.1) is 0 Å². The van der Waals surface area contributed by atoms with Gasteiger partial charge < -0.3 is 14.7 Å². The van der Waals surface area contributed by atoms with Crippen LogP contribution in [0.2, 0.25) is 0 Å². The van der Waals surface area contributed by atoms with Gasteiger partial charge in [-0.05, 0) is 26.4 Å². The molecule has 1 aliphatic rings. The standard InChI is InChI=1S/C12H24N2O3/c1-4-10-8-13(2)6-5-7-14(10)11(9-17-3)12(15)16/h10-11H,4-9H2,1-3H3,(H,15,16). The first kappa shape index (κ1) is 14.4. The fraction of sp³-hybridized carbons (Fsp3) is 0.917. The summed E-state index contributed by atoms with van der Waals surface area (Å²) >= 11 is 0. The van der Waals surface area contributed by atoms with Crippen LogP contribution in [0.4, 0.5) is 0 Å². The summed E-state index contributed by atoms with van der Waals surface area (Å²) in [7, 11) is 3.65. The smallest absolute Gasteiger partial charge is 0.323 e. The van der Waals surface area contributed by atoms with Gasteiger partial charge in [0.1, 0.15) is 6.04 Å². The lowest BCUT2D eigenvalue weighted by Crippen LogP contribution is -2.51. The van der Waals surface area contributed by atoms with Crippen molar-refractivity contribution in [3.63, 3.8) is 0 Å². The third-order valence-electron chi connectivity index (χ3n) is 3.43. The van der Waals surface area contributed by atoms with Crippen LogP contribution in [0.15, 0.2) is 0 Å².